The summed E-state index contributed by atoms with van der Waals surface area (Å²) in [6.45, 7) is 7.96. The molecule has 0 bridgehead atoms. The Morgan fingerprint density at radius 2 is 1.54 bits per heavy atom. The fourth-order valence-electron chi connectivity index (χ4n) is 2.21. The molecule has 2 rings (SSSR count). The van der Waals surface area contributed by atoms with Crippen LogP contribution in [0.15, 0.2) is 58.3 Å². The van der Waals surface area contributed by atoms with Crippen molar-refractivity contribution in [2.75, 3.05) is 26.2 Å². The predicted molar refractivity (Wildman–Crippen MR) is 96.9 cm³/mol. The molecular formula is C18H22N2O3S. The molecule has 5 nitrogen and oxygen atoms in total. The van der Waals surface area contributed by atoms with E-state index in [1.807, 2.05) is 24.3 Å². The lowest BCUT2D eigenvalue weighted by Gasteiger charge is -2.18. The molecule has 0 fully saturated rings. The monoisotopic (exact) mass is 346 g/mol. The van der Waals surface area contributed by atoms with Gasteiger partial charge >= 0.3 is 0 Å². The Hall–Kier alpha value is -2.05. The Labute approximate surface area is 146 Å². The number of likely N-dealkylation sites (N-methyl/N-ethyl adjacent to an activating group) is 1. The SMILES string of the molecule is CCN(CC)CCOc1ccc(Sc2ccc([N+](=O)[O-])cc2)cc1. The van der Waals surface area contributed by atoms with Crippen molar-refractivity contribution >= 4 is 17.4 Å². The van der Waals surface area contributed by atoms with Gasteiger partial charge in [0.25, 0.3) is 5.69 Å². The third-order valence-corrected chi connectivity index (χ3v) is 4.69. The van der Waals surface area contributed by atoms with E-state index in [9.17, 15) is 10.1 Å². The highest BCUT2D eigenvalue weighted by atomic mass is 32.2. The largest absolute Gasteiger partial charge is 0.492 e. The Morgan fingerprint density at radius 3 is 2.04 bits per heavy atom. The molecule has 0 aliphatic carbocycles. The minimum atomic E-state index is -0.390. The molecule has 0 saturated heterocycles. The maximum absolute atomic E-state index is 10.7. The zero-order valence-corrected chi connectivity index (χ0v) is 14.8. The smallest absolute Gasteiger partial charge is 0.269 e. The first-order valence-corrected chi connectivity index (χ1v) is 8.81. The maximum Gasteiger partial charge on any atom is 0.269 e. The predicted octanol–water partition coefficient (Wildman–Crippen LogP) is 4.47. The first-order chi connectivity index (χ1) is 11.6. The highest BCUT2D eigenvalue weighted by Crippen LogP contribution is 2.30. The molecule has 2 aromatic rings. The van der Waals surface area contributed by atoms with Crippen LogP contribution >= 0.6 is 11.8 Å². The van der Waals surface area contributed by atoms with E-state index in [1.165, 1.54) is 12.1 Å². The third-order valence-electron chi connectivity index (χ3n) is 3.68. The van der Waals surface area contributed by atoms with Crippen molar-refractivity contribution in [3.05, 3.63) is 58.6 Å². The number of non-ortho nitro benzene ring substituents is 1. The zero-order valence-electron chi connectivity index (χ0n) is 14.0. The third kappa shape index (κ3) is 5.54. The van der Waals surface area contributed by atoms with Gasteiger partial charge in [-0.05, 0) is 49.5 Å². The van der Waals surface area contributed by atoms with Gasteiger partial charge in [-0.15, -0.1) is 0 Å². The number of hydrogen-bond acceptors (Lipinski definition) is 5. The van der Waals surface area contributed by atoms with Gasteiger partial charge in [-0.3, -0.25) is 10.1 Å². The van der Waals surface area contributed by atoms with Crippen LogP contribution < -0.4 is 4.74 Å². The molecule has 0 aliphatic heterocycles. The van der Waals surface area contributed by atoms with Gasteiger partial charge in [-0.25, -0.2) is 0 Å². The highest BCUT2D eigenvalue weighted by molar-refractivity contribution is 7.99. The molecule has 0 heterocycles. The van der Waals surface area contributed by atoms with Crippen molar-refractivity contribution in [3.8, 4) is 5.75 Å². The number of nitrogens with zero attached hydrogens (tertiary/aromatic N) is 2. The molecule has 128 valence electrons. The summed E-state index contributed by atoms with van der Waals surface area (Å²) in [6, 6.07) is 14.5. The average Bonchev–Trinajstić information content (AvgIpc) is 2.60. The van der Waals surface area contributed by atoms with Crippen LogP contribution in [-0.4, -0.2) is 36.1 Å². The van der Waals surface area contributed by atoms with Crippen LogP contribution in [0.3, 0.4) is 0 Å². The normalized spacial score (nSPS) is 10.8. The first-order valence-electron chi connectivity index (χ1n) is 8.00. The van der Waals surface area contributed by atoms with E-state index in [0.717, 1.165) is 35.2 Å². The fraction of sp³-hybridized carbons (Fsp3) is 0.333. The Morgan fingerprint density at radius 1 is 1.00 bits per heavy atom. The second-order valence-corrected chi connectivity index (χ2v) is 6.35. The van der Waals surface area contributed by atoms with E-state index in [2.05, 4.69) is 18.7 Å². The summed E-state index contributed by atoms with van der Waals surface area (Å²) in [5, 5.41) is 10.7. The standard InChI is InChI=1S/C18H22N2O3S/c1-3-19(4-2)13-14-23-16-7-11-18(12-8-16)24-17-9-5-15(6-10-17)20(21)22/h5-12H,3-4,13-14H2,1-2H3. The Kier molecular flexibility index (Phi) is 7.08. The summed E-state index contributed by atoms with van der Waals surface area (Å²) in [4.78, 5) is 14.6. The minimum Gasteiger partial charge on any atom is -0.492 e. The van der Waals surface area contributed by atoms with Gasteiger partial charge in [-0.1, -0.05) is 25.6 Å². The van der Waals surface area contributed by atoms with Crippen LogP contribution in [0.25, 0.3) is 0 Å². The topological polar surface area (TPSA) is 55.6 Å². The van der Waals surface area contributed by atoms with Gasteiger partial charge in [0.2, 0.25) is 0 Å². The minimum absolute atomic E-state index is 0.108. The Balaban J connectivity index is 1.86. The van der Waals surface area contributed by atoms with Gasteiger partial charge in [0.1, 0.15) is 12.4 Å². The van der Waals surface area contributed by atoms with Gasteiger partial charge in [0.05, 0.1) is 4.92 Å². The second-order valence-electron chi connectivity index (χ2n) is 5.20. The lowest BCUT2D eigenvalue weighted by Crippen LogP contribution is -2.27. The van der Waals surface area contributed by atoms with Gasteiger partial charge in [0, 0.05) is 28.5 Å². The number of rotatable bonds is 9. The van der Waals surface area contributed by atoms with Gasteiger partial charge in [-0.2, -0.15) is 0 Å². The van der Waals surface area contributed by atoms with E-state index in [4.69, 9.17) is 4.74 Å². The molecule has 0 unspecified atom stereocenters. The lowest BCUT2D eigenvalue weighted by molar-refractivity contribution is -0.384. The van der Waals surface area contributed by atoms with Crippen LogP contribution in [-0.2, 0) is 0 Å². The van der Waals surface area contributed by atoms with Crippen molar-refractivity contribution in [3.63, 3.8) is 0 Å². The van der Waals surface area contributed by atoms with Crippen molar-refractivity contribution in [1.29, 1.82) is 0 Å². The summed E-state index contributed by atoms with van der Waals surface area (Å²) in [7, 11) is 0. The van der Waals surface area contributed by atoms with E-state index in [-0.39, 0.29) is 5.69 Å². The van der Waals surface area contributed by atoms with E-state index < -0.39 is 4.92 Å². The molecule has 2 aromatic carbocycles. The fourth-order valence-corrected chi connectivity index (χ4v) is 3.02. The molecular weight excluding hydrogens is 324 g/mol. The average molecular weight is 346 g/mol. The van der Waals surface area contributed by atoms with Crippen LogP contribution in [0, 0.1) is 10.1 Å². The van der Waals surface area contributed by atoms with Gasteiger partial charge < -0.3 is 9.64 Å². The second kappa shape index (κ2) is 9.30. The zero-order chi connectivity index (χ0) is 17.4. The van der Waals surface area contributed by atoms with E-state index in [1.54, 1.807) is 23.9 Å². The molecule has 0 N–H and O–H groups in total. The molecule has 0 radical (unpaired) electrons. The number of ether oxygens (including phenoxy) is 1. The highest BCUT2D eigenvalue weighted by Gasteiger charge is 2.05. The first kappa shape index (κ1) is 18.3. The summed E-state index contributed by atoms with van der Waals surface area (Å²) >= 11 is 1.57. The maximum atomic E-state index is 10.7. The number of hydrogen-bond donors (Lipinski definition) is 0. The molecule has 0 aliphatic rings. The number of nitro benzene ring substituents is 1. The quantitative estimate of drug-likeness (QED) is 0.495. The van der Waals surface area contributed by atoms with Crippen LogP contribution in [0.1, 0.15) is 13.8 Å². The van der Waals surface area contributed by atoms with Crippen LogP contribution in [0.2, 0.25) is 0 Å². The molecule has 0 atom stereocenters. The van der Waals surface area contributed by atoms with E-state index in [0.29, 0.717) is 6.61 Å². The van der Waals surface area contributed by atoms with E-state index >= 15 is 0 Å². The summed E-state index contributed by atoms with van der Waals surface area (Å²) < 4.78 is 5.76. The number of nitro groups is 1. The molecule has 0 saturated carbocycles. The molecule has 6 heteroatoms. The van der Waals surface area contributed by atoms with Gasteiger partial charge in [0.15, 0.2) is 0 Å². The van der Waals surface area contributed by atoms with Crippen molar-refractivity contribution in [1.82, 2.24) is 4.90 Å². The summed E-state index contributed by atoms with van der Waals surface area (Å²) in [5.74, 6) is 0.857. The molecule has 24 heavy (non-hydrogen) atoms. The van der Waals surface area contributed by atoms with Crippen molar-refractivity contribution < 1.29 is 9.66 Å². The Bertz CT molecular complexity index is 640. The lowest BCUT2D eigenvalue weighted by atomic mass is 10.3. The molecule has 0 aromatic heterocycles. The summed E-state index contributed by atoms with van der Waals surface area (Å²) in [6.07, 6.45) is 0. The van der Waals surface area contributed by atoms with Crippen molar-refractivity contribution in [2.24, 2.45) is 0 Å². The van der Waals surface area contributed by atoms with Crippen molar-refractivity contribution in [2.45, 2.75) is 23.6 Å². The molecule has 0 amide bonds. The molecule has 0 spiro atoms. The number of benzene rings is 2. The van der Waals surface area contributed by atoms with Crippen LogP contribution in [0.5, 0.6) is 5.75 Å². The van der Waals surface area contributed by atoms with Crippen LogP contribution in [0.4, 0.5) is 5.69 Å². The summed E-state index contributed by atoms with van der Waals surface area (Å²) in [5.41, 5.74) is 0.108.